The summed E-state index contributed by atoms with van der Waals surface area (Å²) in [6.07, 6.45) is 19.5. The molecule has 0 aliphatic heterocycles. The minimum absolute atomic E-state index is 0.162. The number of unbranched alkanes of at least 4 members (excludes halogenated alkanes) is 14. The molecule has 0 saturated heterocycles. The van der Waals surface area contributed by atoms with Gasteiger partial charge in [-0.3, -0.25) is 14.4 Å². The van der Waals surface area contributed by atoms with Crippen molar-refractivity contribution in [2.75, 3.05) is 26.4 Å². The number of esters is 3. The second-order valence-electron chi connectivity index (χ2n) is 10.8. The zero-order chi connectivity index (χ0) is 28.3. The highest BCUT2D eigenvalue weighted by atomic mass is 16.6. The van der Waals surface area contributed by atoms with E-state index in [-0.39, 0.29) is 37.7 Å². The van der Waals surface area contributed by atoms with Gasteiger partial charge in [-0.2, -0.15) is 0 Å². The van der Waals surface area contributed by atoms with Gasteiger partial charge in [-0.1, -0.05) is 111 Å². The molecule has 0 saturated carbocycles. The van der Waals surface area contributed by atoms with E-state index in [2.05, 4.69) is 20.8 Å². The van der Waals surface area contributed by atoms with Crippen molar-refractivity contribution in [2.45, 2.75) is 149 Å². The van der Waals surface area contributed by atoms with E-state index >= 15 is 0 Å². The minimum Gasteiger partial charge on any atom is -0.465 e. The summed E-state index contributed by atoms with van der Waals surface area (Å²) >= 11 is 0. The molecular formula is C31H58O7. The van der Waals surface area contributed by atoms with Crippen LogP contribution in [0.2, 0.25) is 0 Å². The van der Waals surface area contributed by atoms with Gasteiger partial charge in [-0.15, -0.1) is 0 Å². The van der Waals surface area contributed by atoms with Gasteiger partial charge in [0.25, 0.3) is 0 Å². The average molecular weight is 543 g/mol. The molecule has 0 aromatic rings. The summed E-state index contributed by atoms with van der Waals surface area (Å²) in [5.41, 5.74) is -1.16. The highest BCUT2D eigenvalue weighted by Gasteiger charge is 2.35. The SMILES string of the molecule is CCCCCCCCCCCCCC(=O)OCC(CO)(COC(=O)CCCCC)COC(=O)CCCCC. The first-order valence-electron chi connectivity index (χ1n) is 15.5. The topological polar surface area (TPSA) is 99.1 Å². The molecule has 0 heterocycles. The van der Waals surface area contributed by atoms with Crippen LogP contribution < -0.4 is 0 Å². The molecule has 0 bridgehead atoms. The van der Waals surface area contributed by atoms with Crippen LogP contribution in [-0.4, -0.2) is 49.4 Å². The standard InChI is InChI=1S/C31H58O7/c1-4-7-10-11-12-13-14-15-16-17-20-23-30(35)38-27-31(24-32,25-36-28(33)21-18-8-5-2)26-37-29(34)22-19-9-6-3/h32H,4-27H2,1-3H3. The van der Waals surface area contributed by atoms with Crippen LogP contribution in [0.3, 0.4) is 0 Å². The van der Waals surface area contributed by atoms with E-state index in [4.69, 9.17) is 14.2 Å². The highest BCUT2D eigenvalue weighted by Crippen LogP contribution is 2.21. The second kappa shape index (κ2) is 25.6. The van der Waals surface area contributed by atoms with E-state index < -0.39 is 12.0 Å². The van der Waals surface area contributed by atoms with E-state index in [1.807, 2.05) is 0 Å². The van der Waals surface area contributed by atoms with Crippen molar-refractivity contribution >= 4 is 17.9 Å². The van der Waals surface area contributed by atoms with E-state index in [1.54, 1.807) is 0 Å². The van der Waals surface area contributed by atoms with Gasteiger partial charge in [-0.05, 0) is 19.3 Å². The van der Waals surface area contributed by atoms with Crippen molar-refractivity contribution in [3.63, 3.8) is 0 Å². The lowest BCUT2D eigenvalue weighted by Crippen LogP contribution is -2.42. The smallest absolute Gasteiger partial charge is 0.305 e. The zero-order valence-electron chi connectivity index (χ0n) is 24.9. The quantitative estimate of drug-likeness (QED) is 0.0653. The molecule has 0 aliphatic carbocycles. The van der Waals surface area contributed by atoms with Crippen LogP contribution in [0.4, 0.5) is 0 Å². The van der Waals surface area contributed by atoms with Gasteiger partial charge < -0.3 is 19.3 Å². The first kappa shape index (κ1) is 36.4. The maximum atomic E-state index is 12.4. The van der Waals surface area contributed by atoms with Crippen molar-refractivity contribution in [1.82, 2.24) is 0 Å². The molecule has 38 heavy (non-hydrogen) atoms. The van der Waals surface area contributed by atoms with Gasteiger partial charge in [0.05, 0.1) is 12.0 Å². The second-order valence-corrected chi connectivity index (χ2v) is 10.8. The Morgan fingerprint density at radius 2 is 0.737 bits per heavy atom. The van der Waals surface area contributed by atoms with Crippen LogP contribution >= 0.6 is 0 Å². The van der Waals surface area contributed by atoms with Gasteiger partial charge >= 0.3 is 17.9 Å². The van der Waals surface area contributed by atoms with Gasteiger partial charge in [0.1, 0.15) is 19.8 Å². The molecular weight excluding hydrogens is 484 g/mol. The molecule has 0 aliphatic rings. The molecule has 0 rings (SSSR count). The van der Waals surface area contributed by atoms with Gasteiger partial charge in [0.2, 0.25) is 0 Å². The number of carbonyl (C=O) groups is 3. The predicted molar refractivity (Wildman–Crippen MR) is 152 cm³/mol. The summed E-state index contributed by atoms with van der Waals surface area (Å²) in [7, 11) is 0. The average Bonchev–Trinajstić information content (AvgIpc) is 2.92. The molecule has 0 radical (unpaired) electrons. The maximum absolute atomic E-state index is 12.4. The predicted octanol–water partition coefficient (Wildman–Crippen LogP) is 7.46. The number of rotatable bonds is 27. The number of aliphatic hydroxyl groups excluding tert-OH is 1. The third-order valence-electron chi connectivity index (χ3n) is 6.91. The molecule has 1 N–H and O–H groups in total. The molecule has 0 aromatic heterocycles. The molecule has 0 spiro atoms. The third kappa shape index (κ3) is 21.3. The molecule has 0 atom stereocenters. The Labute approximate surface area is 232 Å². The summed E-state index contributed by atoms with van der Waals surface area (Å²) in [6, 6.07) is 0. The highest BCUT2D eigenvalue weighted by molar-refractivity contribution is 5.70. The first-order chi connectivity index (χ1) is 18.4. The van der Waals surface area contributed by atoms with Crippen LogP contribution in [0, 0.1) is 5.41 Å². The van der Waals surface area contributed by atoms with Crippen LogP contribution in [-0.2, 0) is 28.6 Å². The zero-order valence-corrected chi connectivity index (χ0v) is 24.9. The first-order valence-corrected chi connectivity index (χ1v) is 15.5. The fourth-order valence-electron chi connectivity index (χ4n) is 4.15. The van der Waals surface area contributed by atoms with Crippen LogP contribution in [0.25, 0.3) is 0 Å². The van der Waals surface area contributed by atoms with Gasteiger partial charge in [-0.25, -0.2) is 0 Å². The van der Waals surface area contributed by atoms with E-state index in [0.29, 0.717) is 19.3 Å². The summed E-state index contributed by atoms with van der Waals surface area (Å²) in [5, 5.41) is 10.1. The summed E-state index contributed by atoms with van der Waals surface area (Å²) < 4.78 is 16.3. The van der Waals surface area contributed by atoms with Crippen molar-refractivity contribution in [1.29, 1.82) is 0 Å². The molecule has 0 amide bonds. The summed E-state index contributed by atoms with van der Waals surface area (Å²) in [6.45, 7) is 5.43. The Hall–Kier alpha value is -1.63. The Morgan fingerprint density at radius 1 is 0.474 bits per heavy atom. The van der Waals surface area contributed by atoms with Crippen molar-refractivity contribution < 1.29 is 33.7 Å². The van der Waals surface area contributed by atoms with Gasteiger partial charge in [0.15, 0.2) is 0 Å². The molecule has 7 heteroatoms. The number of hydrogen-bond donors (Lipinski definition) is 1. The Balaban J connectivity index is 4.48. The van der Waals surface area contributed by atoms with Crippen LogP contribution in [0.1, 0.15) is 149 Å². The lowest BCUT2D eigenvalue weighted by molar-refractivity contribution is -0.165. The third-order valence-corrected chi connectivity index (χ3v) is 6.91. The van der Waals surface area contributed by atoms with Crippen molar-refractivity contribution in [3.05, 3.63) is 0 Å². The van der Waals surface area contributed by atoms with Crippen molar-refractivity contribution in [3.8, 4) is 0 Å². The summed E-state index contributed by atoms with van der Waals surface area (Å²) in [5.74, 6) is -1.07. The molecule has 224 valence electrons. The maximum Gasteiger partial charge on any atom is 0.305 e. The van der Waals surface area contributed by atoms with Crippen LogP contribution in [0.15, 0.2) is 0 Å². The fraction of sp³-hybridized carbons (Fsp3) is 0.903. The van der Waals surface area contributed by atoms with E-state index in [0.717, 1.165) is 57.8 Å². The molecule has 0 fully saturated rings. The minimum atomic E-state index is -1.16. The Kier molecular flexibility index (Phi) is 24.5. The van der Waals surface area contributed by atoms with Gasteiger partial charge in [0, 0.05) is 19.3 Å². The number of ether oxygens (including phenoxy) is 3. The molecule has 7 nitrogen and oxygen atoms in total. The van der Waals surface area contributed by atoms with Crippen molar-refractivity contribution in [2.24, 2.45) is 5.41 Å². The van der Waals surface area contributed by atoms with E-state index in [1.165, 1.54) is 51.4 Å². The number of carbonyl (C=O) groups excluding carboxylic acids is 3. The lowest BCUT2D eigenvalue weighted by atomic mass is 9.92. The lowest BCUT2D eigenvalue weighted by Gasteiger charge is -2.30. The summed E-state index contributed by atoms with van der Waals surface area (Å²) in [4.78, 5) is 36.7. The number of hydrogen-bond acceptors (Lipinski definition) is 7. The normalized spacial score (nSPS) is 11.4. The molecule has 0 unspecified atom stereocenters. The monoisotopic (exact) mass is 542 g/mol. The fourth-order valence-corrected chi connectivity index (χ4v) is 4.15. The van der Waals surface area contributed by atoms with E-state index in [9.17, 15) is 19.5 Å². The van der Waals surface area contributed by atoms with Crippen LogP contribution in [0.5, 0.6) is 0 Å². The molecule has 0 aromatic carbocycles. The Bertz CT molecular complexity index is 565. The largest absolute Gasteiger partial charge is 0.465 e. The Morgan fingerprint density at radius 3 is 1.05 bits per heavy atom. The number of aliphatic hydroxyl groups is 1.